The maximum atomic E-state index is 9.35. The Morgan fingerprint density at radius 3 is 2.07 bits per heavy atom. The summed E-state index contributed by atoms with van der Waals surface area (Å²) in [5, 5.41) is 54.5. The van der Waals surface area contributed by atoms with Crippen LogP contribution < -0.4 is 0 Å². The van der Waals surface area contributed by atoms with E-state index in [0.29, 0.717) is 4.90 Å². The summed E-state index contributed by atoms with van der Waals surface area (Å²) in [6.07, 6.45) is -4.77. The van der Waals surface area contributed by atoms with E-state index in [-0.39, 0.29) is 0 Å². The van der Waals surface area contributed by atoms with Gasteiger partial charge < -0.3 is 25.5 Å². The van der Waals surface area contributed by atoms with Crippen LogP contribution in [0.15, 0.2) is 0 Å². The SMILES string of the molecule is N#CN1C(O)[C@H](O)[C@@H](O)[C@H](O)[C@H]1CO. The lowest BCUT2D eigenvalue weighted by molar-refractivity contribution is -0.206. The van der Waals surface area contributed by atoms with Gasteiger partial charge in [0.15, 0.2) is 12.4 Å². The lowest BCUT2D eigenvalue weighted by atomic mass is 9.93. The summed E-state index contributed by atoms with van der Waals surface area (Å²) >= 11 is 0. The first-order valence-electron chi connectivity index (χ1n) is 4.05. The normalized spacial score (nSPS) is 43.4. The Labute approximate surface area is 80.0 Å². The van der Waals surface area contributed by atoms with Gasteiger partial charge in [0.1, 0.15) is 18.3 Å². The fourth-order valence-corrected chi connectivity index (χ4v) is 1.46. The van der Waals surface area contributed by atoms with Crippen molar-refractivity contribution in [3.63, 3.8) is 0 Å². The molecule has 1 saturated heterocycles. The van der Waals surface area contributed by atoms with Crippen LogP contribution in [0, 0.1) is 11.5 Å². The minimum Gasteiger partial charge on any atom is -0.394 e. The number of aliphatic hydroxyl groups excluding tert-OH is 5. The zero-order chi connectivity index (χ0) is 10.9. The molecule has 5 atom stereocenters. The highest BCUT2D eigenvalue weighted by Crippen LogP contribution is 2.22. The second kappa shape index (κ2) is 4.08. The molecule has 0 amide bonds. The third-order valence-electron chi connectivity index (χ3n) is 2.34. The fraction of sp³-hybridized carbons (Fsp3) is 0.857. The molecule has 1 heterocycles. The molecule has 0 radical (unpaired) electrons. The molecule has 1 rings (SSSR count). The van der Waals surface area contributed by atoms with E-state index in [1.807, 2.05) is 0 Å². The quantitative estimate of drug-likeness (QED) is 0.281. The summed E-state index contributed by atoms with van der Waals surface area (Å²) in [4.78, 5) is 0.655. The van der Waals surface area contributed by atoms with E-state index in [9.17, 15) is 20.4 Å². The van der Waals surface area contributed by atoms with Gasteiger partial charge in [0.2, 0.25) is 0 Å². The van der Waals surface area contributed by atoms with Crippen LogP contribution in [0.25, 0.3) is 0 Å². The first-order chi connectivity index (χ1) is 6.54. The Bertz CT molecular complexity index is 243. The molecule has 1 aliphatic rings. The zero-order valence-corrected chi connectivity index (χ0v) is 7.22. The average molecular weight is 204 g/mol. The molecule has 0 aromatic carbocycles. The van der Waals surface area contributed by atoms with Crippen LogP contribution >= 0.6 is 0 Å². The summed E-state index contributed by atoms with van der Waals surface area (Å²) in [5.41, 5.74) is 0. The number of aliphatic hydroxyl groups is 5. The number of nitrogens with zero attached hydrogens (tertiary/aromatic N) is 2. The maximum Gasteiger partial charge on any atom is 0.182 e. The van der Waals surface area contributed by atoms with Crippen molar-refractivity contribution < 1.29 is 25.5 Å². The van der Waals surface area contributed by atoms with Crippen LogP contribution in [0.1, 0.15) is 0 Å². The number of hydrogen-bond acceptors (Lipinski definition) is 7. The van der Waals surface area contributed by atoms with Crippen LogP contribution in [0.3, 0.4) is 0 Å². The van der Waals surface area contributed by atoms with Crippen LogP contribution in [-0.2, 0) is 0 Å². The molecule has 7 nitrogen and oxygen atoms in total. The fourth-order valence-electron chi connectivity index (χ4n) is 1.46. The van der Waals surface area contributed by atoms with Crippen molar-refractivity contribution in [2.75, 3.05) is 6.61 Å². The maximum absolute atomic E-state index is 9.35. The highest BCUT2D eigenvalue weighted by atomic mass is 16.4. The van der Waals surface area contributed by atoms with Crippen molar-refractivity contribution in [1.29, 1.82) is 5.26 Å². The lowest BCUT2D eigenvalue weighted by Gasteiger charge is -2.43. The smallest absolute Gasteiger partial charge is 0.182 e. The van der Waals surface area contributed by atoms with E-state index in [1.54, 1.807) is 0 Å². The molecule has 7 heteroatoms. The molecule has 14 heavy (non-hydrogen) atoms. The molecule has 0 saturated carbocycles. The third kappa shape index (κ3) is 1.54. The van der Waals surface area contributed by atoms with Gasteiger partial charge in [0, 0.05) is 0 Å². The summed E-state index contributed by atoms with van der Waals surface area (Å²) < 4.78 is 0. The van der Waals surface area contributed by atoms with E-state index >= 15 is 0 Å². The van der Waals surface area contributed by atoms with E-state index in [1.165, 1.54) is 6.19 Å². The van der Waals surface area contributed by atoms with Crippen LogP contribution in [0.5, 0.6) is 0 Å². The van der Waals surface area contributed by atoms with Crippen molar-refractivity contribution in [2.24, 2.45) is 0 Å². The van der Waals surface area contributed by atoms with Crippen molar-refractivity contribution in [3.8, 4) is 6.19 Å². The van der Waals surface area contributed by atoms with E-state index in [2.05, 4.69) is 0 Å². The molecule has 1 aliphatic heterocycles. The van der Waals surface area contributed by atoms with Gasteiger partial charge in [-0.05, 0) is 0 Å². The topological polar surface area (TPSA) is 128 Å². The Balaban J connectivity index is 2.91. The Hall–Kier alpha value is -0.910. The number of hydrogen-bond donors (Lipinski definition) is 5. The number of nitriles is 1. The molecule has 0 spiro atoms. The monoisotopic (exact) mass is 204 g/mol. The van der Waals surface area contributed by atoms with Crippen LogP contribution in [-0.4, -0.2) is 67.6 Å². The summed E-state index contributed by atoms with van der Waals surface area (Å²) in [6, 6.07) is -1.10. The van der Waals surface area contributed by atoms with E-state index in [0.717, 1.165) is 0 Å². The zero-order valence-electron chi connectivity index (χ0n) is 7.22. The average Bonchev–Trinajstić information content (AvgIpc) is 2.20. The van der Waals surface area contributed by atoms with Gasteiger partial charge >= 0.3 is 0 Å². The molecule has 80 valence electrons. The van der Waals surface area contributed by atoms with Gasteiger partial charge in [-0.2, -0.15) is 5.26 Å². The molecule has 1 fully saturated rings. The second-order valence-electron chi connectivity index (χ2n) is 3.14. The number of likely N-dealkylation sites (tertiary alicyclic amines) is 1. The summed E-state index contributed by atoms with van der Waals surface area (Å²) in [7, 11) is 0. The van der Waals surface area contributed by atoms with E-state index in [4.69, 9.17) is 10.4 Å². The number of piperidine rings is 1. The highest BCUT2D eigenvalue weighted by molar-refractivity contribution is 5.00. The van der Waals surface area contributed by atoms with Gasteiger partial charge in [-0.25, -0.2) is 0 Å². The molecule has 5 N–H and O–H groups in total. The minimum atomic E-state index is -1.63. The van der Waals surface area contributed by atoms with Gasteiger partial charge in [-0.1, -0.05) is 0 Å². The van der Waals surface area contributed by atoms with Gasteiger partial charge in [0.25, 0.3) is 0 Å². The van der Waals surface area contributed by atoms with Crippen molar-refractivity contribution in [3.05, 3.63) is 0 Å². The molecular weight excluding hydrogens is 192 g/mol. The standard InChI is InChI=1S/C7H12N2O5/c8-2-9-3(1-10)4(11)5(12)6(13)7(9)14/h3-7,10-14H,1H2/t3-,4-,5+,6-,7?/m1/s1. The molecule has 0 bridgehead atoms. The number of rotatable bonds is 1. The van der Waals surface area contributed by atoms with Gasteiger partial charge in [-0.15, -0.1) is 0 Å². The first-order valence-corrected chi connectivity index (χ1v) is 4.05. The predicted molar refractivity (Wildman–Crippen MR) is 42.4 cm³/mol. The predicted octanol–water partition coefficient (Wildman–Crippen LogP) is -3.45. The van der Waals surface area contributed by atoms with Gasteiger partial charge in [-0.3, -0.25) is 4.90 Å². The molecule has 0 aromatic rings. The molecule has 1 unspecified atom stereocenters. The second-order valence-corrected chi connectivity index (χ2v) is 3.14. The van der Waals surface area contributed by atoms with Crippen LogP contribution in [0.2, 0.25) is 0 Å². The van der Waals surface area contributed by atoms with Gasteiger partial charge in [0.05, 0.1) is 12.6 Å². The lowest BCUT2D eigenvalue weighted by Crippen LogP contribution is -2.65. The highest BCUT2D eigenvalue weighted by Gasteiger charge is 2.46. The van der Waals surface area contributed by atoms with E-state index < -0.39 is 37.2 Å². The summed E-state index contributed by atoms with van der Waals surface area (Å²) in [6.45, 7) is -0.602. The van der Waals surface area contributed by atoms with Crippen LogP contribution in [0.4, 0.5) is 0 Å². The Kier molecular flexibility index (Phi) is 3.25. The first kappa shape index (κ1) is 11.2. The Morgan fingerprint density at radius 1 is 1.07 bits per heavy atom. The van der Waals surface area contributed by atoms with Crippen molar-refractivity contribution in [2.45, 2.75) is 30.6 Å². The Morgan fingerprint density at radius 2 is 1.64 bits per heavy atom. The third-order valence-corrected chi connectivity index (χ3v) is 2.34. The van der Waals surface area contributed by atoms with Crippen molar-refractivity contribution in [1.82, 2.24) is 4.90 Å². The minimum absolute atomic E-state index is 0.602. The summed E-state index contributed by atoms with van der Waals surface area (Å²) in [5.74, 6) is 0. The van der Waals surface area contributed by atoms with Crippen molar-refractivity contribution >= 4 is 0 Å². The molecule has 0 aliphatic carbocycles. The molecule has 0 aromatic heterocycles. The largest absolute Gasteiger partial charge is 0.394 e. The molecular formula is C7H12N2O5.